The zero-order chi connectivity index (χ0) is 28.9. The summed E-state index contributed by atoms with van der Waals surface area (Å²) in [6.07, 6.45) is 3.47. The van der Waals surface area contributed by atoms with E-state index in [0.29, 0.717) is 63.3 Å². The van der Waals surface area contributed by atoms with Gasteiger partial charge >= 0.3 is 6.18 Å². The Morgan fingerprint density at radius 1 is 1.02 bits per heavy atom. The van der Waals surface area contributed by atoms with Crippen molar-refractivity contribution in [2.75, 3.05) is 25.7 Å². The molecule has 0 saturated heterocycles. The van der Waals surface area contributed by atoms with Gasteiger partial charge in [0.1, 0.15) is 0 Å². The summed E-state index contributed by atoms with van der Waals surface area (Å²) in [7, 11) is 4.48. The number of carbonyl (C=O) groups excluding carboxylic acids is 1. The van der Waals surface area contributed by atoms with Crippen molar-refractivity contribution in [2.24, 2.45) is 7.05 Å². The van der Waals surface area contributed by atoms with Crippen LogP contribution in [0.2, 0.25) is 0 Å². The Bertz CT molecular complexity index is 1780. The molecule has 13 heteroatoms. The second-order valence-corrected chi connectivity index (χ2v) is 9.64. The molecular formula is C28H24F3N7O3. The molecule has 6 rings (SSSR count). The zero-order valence-electron chi connectivity index (χ0n) is 22.3. The molecule has 0 saturated carbocycles. The van der Waals surface area contributed by atoms with E-state index in [2.05, 4.69) is 20.3 Å². The first-order chi connectivity index (χ1) is 19.7. The fraction of sp³-hybridized carbons (Fsp3) is 0.250. The normalized spacial score (nSPS) is 13.5. The smallest absolute Gasteiger partial charge is 0.435 e. The van der Waals surface area contributed by atoms with Gasteiger partial charge in [-0.15, -0.1) is 5.10 Å². The molecule has 1 aliphatic rings. The average molecular weight is 564 g/mol. The van der Waals surface area contributed by atoms with Crippen molar-refractivity contribution in [1.82, 2.24) is 29.5 Å². The van der Waals surface area contributed by atoms with Gasteiger partial charge in [-0.1, -0.05) is 0 Å². The fourth-order valence-corrected chi connectivity index (χ4v) is 5.28. The van der Waals surface area contributed by atoms with E-state index in [1.165, 1.54) is 32.4 Å². The molecule has 0 unspecified atom stereocenters. The summed E-state index contributed by atoms with van der Waals surface area (Å²) in [5.41, 5.74) is 0.692. The summed E-state index contributed by atoms with van der Waals surface area (Å²) < 4.78 is 55.8. The quantitative estimate of drug-likeness (QED) is 0.300. The van der Waals surface area contributed by atoms with Crippen LogP contribution >= 0.6 is 0 Å². The number of ether oxygens (including phenoxy) is 2. The first-order valence-corrected chi connectivity index (χ1v) is 12.6. The fourth-order valence-electron chi connectivity index (χ4n) is 5.28. The van der Waals surface area contributed by atoms with Crippen LogP contribution in [0, 0.1) is 0 Å². The molecule has 0 fully saturated rings. The number of halogens is 3. The molecule has 210 valence electrons. The maximum absolute atomic E-state index is 14.1. The number of anilines is 1. The lowest BCUT2D eigenvalue weighted by Crippen LogP contribution is -2.39. The van der Waals surface area contributed by atoms with Crippen LogP contribution in [0.5, 0.6) is 11.5 Å². The van der Waals surface area contributed by atoms with Gasteiger partial charge in [0.25, 0.3) is 5.91 Å². The van der Waals surface area contributed by atoms with Crippen LogP contribution in [0.4, 0.5) is 19.0 Å². The topological polar surface area (TPSA) is 100 Å². The lowest BCUT2D eigenvalue weighted by molar-refractivity contribution is -0.140. The van der Waals surface area contributed by atoms with Crippen LogP contribution in [0.15, 0.2) is 55.4 Å². The number of imidazole rings is 1. The molecule has 1 amide bonds. The van der Waals surface area contributed by atoms with Crippen molar-refractivity contribution in [1.29, 1.82) is 0 Å². The maximum atomic E-state index is 14.1. The maximum Gasteiger partial charge on any atom is 0.435 e. The monoisotopic (exact) mass is 563 g/mol. The number of aryl methyl sites for hydroxylation is 1. The molecule has 5 aromatic rings. The van der Waals surface area contributed by atoms with Crippen LogP contribution in [-0.2, 0) is 26.2 Å². The number of methoxy groups -OCH3 is 2. The molecule has 0 aliphatic carbocycles. The van der Waals surface area contributed by atoms with Crippen molar-refractivity contribution in [3.8, 4) is 22.6 Å². The Morgan fingerprint density at radius 2 is 1.78 bits per heavy atom. The standard InChI is InChI=1S/C28H24F3N7O3/c1-36-14-22(25(35-36)28(29,30)31)20-8-16(13-37-7-5-32-15-37)9-21-18(20)4-6-38(27(21)39)26-19-11-24(41-3)23(40-2)10-17(19)12-33-34-26/h5,7-12,14-15H,4,6,13H2,1-3H3. The average Bonchev–Trinajstić information content (AvgIpc) is 3.61. The van der Waals surface area contributed by atoms with Gasteiger partial charge in [0.05, 0.1) is 26.7 Å². The van der Waals surface area contributed by atoms with Crippen molar-refractivity contribution in [3.63, 3.8) is 0 Å². The SMILES string of the molecule is COc1cc2cnnc(N3CCc4c(cc(Cn5ccnc5)cc4-c4cn(C)nc4C(F)(F)F)C3=O)c2cc1OC. The minimum absolute atomic E-state index is 0.0771. The predicted octanol–water partition coefficient (Wildman–Crippen LogP) is 4.51. The largest absolute Gasteiger partial charge is 0.493 e. The van der Waals surface area contributed by atoms with Crippen LogP contribution in [0.3, 0.4) is 0 Å². The number of fused-ring (bicyclic) bond motifs is 2. The van der Waals surface area contributed by atoms with E-state index < -0.39 is 17.8 Å². The van der Waals surface area contributed by atoms with E-state index in [9.17, 15) is 18.0 Å². The first-order valence-electron chi connectivity index (χ1n) is 12.6. The summed E-state index contributed by atoms with van der Waals surface area (Å²) in [6.45, 7) is 0.490. The molecule has 0 bridgehead atoms. The Balaban J connectivity index is 1.51. The number of benzene rings is 2. The predicted molar refractivity (Wildman–Crippen MR) is 143 cm³/mol. The van der Waals surface area contributed by atoms with Crippen LogP contribution < -0.4 is 14.4 Å². The number of aromatic nitrogens is 6. The number of carbonyl (C=O) groups is 1. The van der Waals surface area contributed by atoms with Crippen LogP contribution in [0.25, 0.3) is 21.9 Å². The van der Waals surface area contributed by atoms with Crippen LogP contribution in [-0.4, -0.2) is 56.2 Å². The third kappa shape index (κ3) is 4.62. The summed E-state index contributed by atoms with van der Waals surface area (Å²) in [5.74, 6) is 0.882. The molecule has 10 nitrogen and oxygen atoms in total. The number of amides is 1. The Labute approximate surface area is 231 Å². The zero-order valence-corrected chi connectivity index (χ0v) is 22.3. The Kier molecular flexibility index (Phi) is 6.36. The molecule has 0 spiro atoms. The minimum atomic E-state index is -4.67. The van der Waals surface area contributed by atoms with E-state index in [4.69, 9.17) is 9.47 Å². The van der Waals surface area contributed by atoms with Gasteiger partial charge < -0.3 is 14.0 Å². The van der Waals surface area contributed by atoms with Crippen molar-refractivity contribution in [2.45, 2.75) is 19.1 Å². The molecular weight excluding hydrogens is 539 g/mol. The molecule has 4 heterocycles. The van der Waals surface area contributed by atoms with Crippen LogP contribution in [0.1, 0.15) is 27.2 Å². The first kappa shape index (κ1) is 26.3. The van der Waals surface area contributed by atoms with E-state index in [1.54, 1.807) is 53.8 Å². The van der Waals surface area contributed by atoms with Gasteiger partial charge in [-0.05, 0) is 47.4 Å². The van der Waals surface area contributed by atoms with Crippen molar-refractivity contribution in [3.05, 3.63) is 77.8 Å². The second kappa shape index (κ2) is 9.91. The summed E-state index contributed by atoms with van der Waals surface area (Å²) in [6, 6.07) is 6.90. The van der Waals surface area contributed by atoms with E-state index in [1.807, 2.05) is 0 Å². The highest BCUT2D eigenvalue weighted by Gasteiger charge is 2.39. The van der Waals surface area contributed by atoms with E-state index >= 15 is 0 Å². The number of hydrogen-bond acceptors (Lipinski definition) is 7. The van der Waals surface area contributed by atoms with Gasteiger partial charge in [-0.2, -0.15) is 23.4 Å². The second-order valence-electron chi connectivity index (χ2n) is 9.64. The highest BCUT2D eigenvalue weighted by molar-refractivity contribution is 6.12. The van der Waals surface area contributed by atoms with Gasteiger partial charge in [0.2, 0.25) is 0 Å². The molecule has 3 aromatic heterocycles. The minimum Gasteiger partial charge on any atom is -0.493 e. The molecule has 2 aromatic carbocycles. The number of alkyl halides is 3. The molecule has 0 N–H and O–H groups in total. The molecule has 0 radical (unpaired) electrons. The summed E-state index contributed by atoms with van der Waals surface area (Å²) >= 11 is 0. The van der Waals surface area contributed by atoms with E-state index in [-0.39, 0.29) is 12.1 Å². The third-order valence-electron chi connectivity index (χ3n) is 7.08. The van der Waals surface area contributed by atoms with Gasteiger partial charge in [-0.25, -0.2) is 4.98 Å². The van der Waals surface area contributed by atoms with Gasteiger partial charge in [0.15, 0.2) is 23.0 Å². The van der Waals surface area contributed by atoms with Crippen molar-refractivity contribution >= 4 is 22.5 Å². The summed E-state index contributed by atoms with van der Waals surface area (Å²) in [4.78, 5) is 19.7. The van der Waals surface area contributed by atoms with Gasteiger partial charge in [-0.3, -0.25) is 14.4 Å². The molecule has 1 aliphatic heterocycles. The Morgan fingerprint density at radius 3 is 2.49 bits per heavy atom. The molecule has 0 atom stereocenters. The number of rotatable bonds is 6. The Hall–Kier alpha value is -4.94. The summed E-state index contributed by atoms with van der Waals surface area (Å²) in [5, 5.41) is 13.4. The third-order valence-corrected chi connectivity index (χ3v) is 7.08. The highest BCUT2D eigenvalue weighted by atomic mass is 19.4. The van der Waals surface area contributed by atoms with E-state index in [0.717, 1.165) is 4.68 Å². The van der Waals surface area contributed by atoms with Gasteiger partial charge in [0, 0.05) is 60.6 Å². The lowest BCUT2D eigenvalue weighted by Gasteiger charge is -2.30. The highest BCUT2D eigenvalue weighted by Crippen LogP contribution is 2.41. The number of nitrogens with zero attached hydrogens (tertiary/aromatic N) is 7. The lowest BCUT2D eigenvalue weighted by atomic mass is 9.88. The van der Waals surface area contributed by atoms with Crippen molar-refractivity contribution < 1.29 is 27.4 Å². The number of hydrogen-bond donors (Lipinski definition) is 0. The molecule has 41 heavy (non-hydrogen) atoms.